The number of carbonyl (C=O) groups is 1. The Labute approximate surface area is 162 Å². The van der Waals surface area contributed by atoms with Gasteiger partial charge in [-0.3, -0.25) is 10.1 Å². The first-order valence-electron chi connectivity index (χ1n) is 7.74. The molecule has 0 radical (unpaired) electrons. The molecule has 144 valence electrons. The number of nitrogens with one attached hydrogen (secondary N) is 1. The van der Waals surface area contributed by atoms with Gasteiger partial charge in [-0.15, -0.1) is 0 Å². The van der Waals surface area contributed by atoms with Crippen molar-refractivity contribution in [1.82, 2.24) is 0 Å². The molecule has 0 aliphatic carbocycles. The Morgan fingerprint density at radius 2 is 2.04 bits per heavy atom. The second kappa shape index (κ2) is 8.80. The van der Waals surface area contributed by atoms with Crippen LogP contribution in [0, 0.1) is 17.0 Å². The van der Waals surface area contributed by atoms with Crippen LogP contribution in [0.2, 0.25) is 0 Å². The highest BCUT2D eigenvalue weighted by atomic mass is 79.9. The second-order valence-corrected chi connectivity index (χ2v) is 6.44. The topological polar surface area (TPSA) is 142 Å². The van der Waals surface area contributed by atoms with Crippen LogP contribution >= 0.6 is 15.9 Å². The number of halogens is 1. The van der Waals surface area contributed by atoms with Crippen molar-refractivity contribution in [1.29, 1.82) is 0 Å². The Kier molecular flexibility index (Phi) is 6.72. The zero-order valence-corrected chi connectivity index (χ0v) is 15.8. The fraction of sp³-hybridized carbons (Fsp3) is 0.235. The van der Waals surface area contributed by atoms with E-state index < -0.39 is 23.6 Å². The maximum atomic E-state index is 11.6. The van der Waals surface area contributed by atoms with E-state index in [1.807, 2.05) is 0 Å². The summed E-state index contributed by atoms with van der Waals surface area (Å²) in [5.74, 6) is -1.23. The molecule has 0 spiro atoms. The zero-order chi connectivity index (χ0) is 20.1. The Balaban J connectivity index is 2.48. The molecule has 0 bridgehead atoms. The van der Waals surface area contributed by atoms with Gasteiger partial charge in [0.05, 0.1) is 32.8 Å². The van der Waals surface area contributed by atoms with Crippen LogP contribution in [-0.2, 0) is 0 Å². The molecule has 0 heterocycles. The Morgan fingerprint density at radius 1 is 1.37 bits per heavy atom. The van der Waals surface area contributed by atoms with E-state index in [0.717, 1.165) is 0 Å². The Morgan fingerprint density at radius 3 is 2.63 bits per heavy atom. The zero-order valence-electron chi connectivity index (χ0n) is 14.2. The summed E-state index contributed by atoms with van der Waals surface area (Å²) in [6, 6.07) is 7.69. The van der Waals surface area contributed by atoms with E-state index in [0.29, 0.717) is 5.69 Å². The predicted molar refractivity (Wildman–Crippen MR) is 101 cm³/mol. The molecule has 4 N–H and O–H groups in total. The van der Waals surface area contributed by atoms with Crippen LogP contribution in [0.3, 0.4) is 0 Å². The van der Waals surface area contributed by atoms with E-state index >= 15 is 0 Å². The molecule has 0 amide bonds. The number of aromatic carboxylic acids is 1. The summed E-state index contributed by atoms with van der Waals surface area (Å²) in [5, 5.41) is 42.0. The first-order chi connectivity index (χ1) is 12.8. The van der Waals surface area contributed by atoms with Gasteiger partial charge in [-0.05, 0) is 41.1 Å². The summed E-state index contributed by atoms with van der Waals surface area (Å²) in [6.45, 7) is 0.617. The first-order valence-corrected chi connectivity index (χ1v) is 8.54. The second-order valence-electron chi connectivity index (χ2n) is 5.59. The lowest BCUT2D eigenvalue weighted by atomic mass is 10.1. The molecule has 9 nitrogen and oxygen atoms in total. The van der Waals surface area contributed by atoms with Crippen molar-refractivity contribution >= 4 is 39.0 Å². The van der Waals surface area contributed by atoms with Gasteiger partial charge in [0.25, 0.3) is 0 Å². The maximum Gasteiger partial charge on any atom is 0.337 e. The lowest BCUT2D eigenvalue weighted by Gasteiger charge is -2.17. The van der Waals surface area contributed by atoms with Crippen LogP contribution in [0.1, 0.15) is 15.9 Å². The number of ether oxygens (including phenoxy) is 1. The van der Waals surface area contributed by atoms with Gasteiger partial charge in [0.1, 0.15) is 12.7 Å². The lowest BCUT2D eigenvalue weighted by Crippen LogP contribution is -2.21. The minimum absolute atomic E-state index is 0.0158. The maximum absolute atomic E-state index is 11.6. The number of carboxylic acids is 1. The number of benzene rings is 2. The fourth-order valence-electron chi connectivity index (χ4n) is 2.35. The molecule has 0 aliphatic heterocycles. The molecular weight excluding hydrogens is 424 g/mol. The molecule has 10 heteroatoms. The van der Waals surface area contributed by atoms with E-state index in [-0.39, 0.29) is 39.3 Å². The van der Waals surface area contributed by atoms with Gasteiger partial charge in [-0.2, -0.15) is 0 Å². The van der Waals surface area contributed by atoms with Gasteiger partial charge >= 0.3 is 11.7 Å². The number of hydrogen-bond donors (Lipinski definition) is 4. The lowest BCUT2D eigenvalue weighted by molar-refractivity contribution is -0.386. The van der Waals surface area contributed by atoms with Gasteiger partial charge in [0, 0.05) is 5.69 Å². The number of nitro groups is 1. The Bertz CT molecular complexity index is 873. The van der Waals surface area contributed by atoms with Crippen molar-refractivity contribution in [2.24, 2.45) is 0 Å². The first kappa shape index (κ1) is 20.6. The number of para-hydroxylation sites is 1. The number of aliphatic hydroxyl groups excluding tert-OH is 2. The number of nitrogens with zero attached hydrogens (tertiary/aromatic N) is 1. The molecule has 1 unspecified atom stereocenters. The largest absolute Gasteiger partial charge is 0.483 e. The van der Waals surface area contributed by atoms with Crippen molar-refractivity contribution in [3.8, 4) is 5.75 Å². The van der Waals surface area contributed by atoms with E-state index in [1.54, 1.807) is 18.2 Å². The highest BCUT2D eigenvalue weighted by Crippen LogP contribution is 2.42. The minimum Gasteiger partial charge on any atom is -0.483 e. The Hall–Kier alpha value is -2.69. The van der Waals surface area contributed by atoms with Gasteiger partial charge in [0.15, 0.2) is 0 Å². The molecule has 0 aromatic heterocycles. The van der Waals surface area contributed by atoms with Crippen LogP contribution in [0.15, 0.2) is 34.8 Å². The molecule has 2 aromatic rings. The van der Waals surface area contributed by atoms with Crippen LogP contribution in [-0.4, -0.2) is 45.5 Å². The van der Waals surface area contributed by atoms with Crippen molar-refractivity contribution in [3.63, 3.8) is 0 Å². The number of hydrogen-bond acceptors (Lipinski definition) is 7. The molecule has 2 aromatic carbocycles. The molecule has 27 heavy (non-hydrogen) atoms. The summed E-state index contributed by atoms with van der Waals surface area (Å²) in [4.78, 5) is 22.3. The van der Waals surface area contributed by atoms with E-state index in [1.165, 1.54) is 19.1 Å². The molecule has 0 fully saturated rings. The standard InChI is InChI=1S/C17H17BrN2O7/c1-9-14(19-13-5-3-2-4-11(13)17(23)24)6-12(18)16(15(9)20(25)26)27-8-10(22)7-21/h2-6,10,19,21-22H,7-8H2,1H3,(H,23,24). The number of anilines is 2. The molecule has 2 rings (SSSR count). The predicted octanol–water partition coefficient (Wildman–Crippen LogP) is 2.84. The third-order valence-corrected chi connectivity index (χ3v) is 4.29. The summed E-state index contributed by atoms with van der Waals surface area (Å²) in [5.41, 5.74) is 0.486. The van der Waals surface area contributed by atoms with Crippen LogP contribution in [0.4, 0.5) is 17.1 Å². The highest BCUT2D eigenvalue weighted by molar-refractivity contribution is 9.10. The fourth-order valence-corrected chi connectivity index (χ4v) is 2.89. The molecule has 0 saturated heterocycles. The smallest absolute Gasteiger partial charge is 0.337 e. The van der Waals surface area contributed by atoms with Gasteiger partial charge < -0.3 is 25.4 Å². The average Bonchev–Trinajstić information content (AvgIpc) is 2.62. The number of aliphatic hydroxyl groups is 2. The SMILES string of the molecule is Cc1c(Nc2ccccc2C(=O)O)cc(Br)c(OCC(O)CO)c1[N+](=O)[O-]. The quantitative estimate of drug-likeness (QED) is 0.362. The van der Waals surface area contributed by atoms with E-state index in [9.17, 15) is 25.1 Å². The van der Waals surface area contributed by atoms with Gasteiger partial charge in [0.2, 0.25) is 5.75 Å². The normalized spacial score (nSPS) is 11.7. The summed E-state index contributed by atoms with van der Waals surface area (Å²) >= 11 is 3.20. The van der Waals surface area contributed by atoms with E-state index in [4.69, 9.17) is 9.84 Å². The van der Waals surface area contributed by atoms with Crippen molar-refractivity contribution in [2.75, 3.05) is 18.5 Å². The van der Waals surface area contributed by atoms with Gasteiger partial charge in [-0.25, -0.2) is 4.79 Å². The molecule has 0 saturated carbocycles. The van der Waals surface area contributed by atoms with Gasteiger partial charge in [-0.1, -0.05) is 12.1 Å². The monoisotopic (exact) mass is 440 g/mol. The molecular formula is C17H17BrN2O7. The van der Waals surface area contributed by atoms with Crippen LogP contribution in [0.25, 0.3) is 0 Å². The average molecular weight is 441 g/mol. The van der Waals surface area contributed by atoms with Crippen molar-refractivity contribution < 1.29 is 29.8 Å². The minimum atomic E-state index is -1.18. The number of rotatable bonds is 8. The van der Waals surface area contributed by atoms with Crippen LogP contribution < -0.4 is 10.1 Å². The van der Waals surface area contributed by atoms with Crippen LogP contribution in [0.5, 0.6) is 5.75 Å². The highest BCUT2D eigenvalue weighted by Gasteiger charge is 2.26. The number of carboxylic acid groups (broad SMARTS) is 1. The third kappa shape index (κ3) is 4.73. The van der Waals surface area contributed by atoms with E-state index in [2.05, 4.69) is 21.2 Å². The molecule has 1 atom stereocenters. The van der Waals surface area contributed by atoms with Crippen molar-refractivity contribution in [3.05, 3.63) is 56.0 Å². The summed E-state index contributed by atoms with van der Waals surface area (Å²) < 4.78 is 5.55. The summed E-state index contributed by atoms with van der Waals surface area (Å²) in [7, 11) is 0. The van der Waals surface area contributed by atoms with Crippen molar-refractivity contribution in [2.45, 2.75) is 13.0 Å². The summed E-state index contributed by atoms with van der Waals surface area (Å²) in [6.07, 6.45) is -1.18. The molecule has 0 aliphatic rings. The number of nitro benzene ring substituents is 1. The third-order valence-electron chi connectivity index (χ3n) is 3.70.